The monoisotopic (exact) mass is 281 g/mol. The molecular weight excluding hydrogens is 262 g/mol. The van der Waals surface area contributed by atoms with E-state index in [1.165, 1.54) is 0 Å². The van der Waals surface area contributed by atoms with Gasteiger partial charge in [-0.2, -0.15) is 0 Å². The van der Waals surface area contributed by atoms with Gasteiger partial charge in [0.2, 0.25) is 5.91 Å². The van der Waals surface area contributed by atoms with Crippen LogP contribution in [0, 0.1) is 5.41 Å². The van der Waals surface area contributed by atoms with E-state index in [1.807, 2.05) is 20.8 Å². The highest BCUT2D eigenvalue weighted by atomic mass is 35.5. The quantitative estimate of drug-likeness (QED) is 0.658. The van der Waals surface area contributed by atoms with Crippen molar-refractivity contribution in [1.29, 1.82) is 0 Å². The van der Waals surface area contributed by atoms with Gasteiger partial charge in [0.1, 0.15) is 0 Å². The lowest BCUT2D eigenvalue weighted by Gasteiger charge is -2.17. The molecule has 0 saturated carbocycles. The summed E-state index contributed by atoms with van der Waals surface area (Å²) in [7, 11) is 0. The molecule has 104 valence electrons. The standard InChI is InChI=1S/C15H20ClNO2/c1-15(2,3)14(19)17-12-8-6-11(7-9-12)13(18)5-4-10-16/h6-9H,4-5,10H2,1-3H3,(H,17,19). The van der Waals surface area contributed by atoms with Crippen LogP contribution in [0.2, 0.25) is 0 Å². The molecule has 1 N–H and O–H groups in total. The van der Waals surface area contributed by atoms with Crippen LogP contribution >= 0.6 is 11.6 Å². The summed E-state index contributed by atoms with van der Waals surface area (Å²) in [5, 5.41) is 2.82. The second kappa shape index (κ2) is 6.71. The molecule has 0 aromatic heterocycles. The van der Waals surface area contributed by atoms with Gasteiger partial charge in [-0.1, -0.05) is 20.8 Å². The van der Waals surface area contributed by atoms with Gasteiger partial charge in [0.05, 0.1) is 0 Å². The van der Waals surface area contributed by atoms with Crippen molar-refractivity contribution in [3.63, 3.8) is 0 Å². The van der Waals surface area contributed by atoms with Gasteiger partial charge in [-0.3, -0.25) is 9.59 Å². The number of nitrogens with one attached hydrogen (secondary N) is 1. The van der Waals surface area contributed by atoms with E-state index in [4.69, 9.17) is 11.6 Å². The van der Waals surface area contributed by atoms with Gasteiger partial charge in [0.15, 0.2) is 5.78 Å². The van der Waals surface area contributed by atoms with Crippen LogP contribution in [0.5, 0.6) is 0 Å². The number of hydrogen-bond acceptors (Lipinski definition) is 2. The molecule has 0 aliphatic heterocycles. The fourth-order valence-electron chi connectivity index (χ4n) is 1.43. The third-order valence-corrected chi connectivity index (χ3v) is 2.95. The number of hydrogen-bond donors (Lipinski definition) is 1. The summed E-state index contributed by atoms with van der Waals surface area (Å²) in [4.78, 5) is 23.6. The first-order valence-electron chi connectivity index (χ1n) is 6.35. The van der Waals surface area contributed by atoms with Crippen LogP contribution < -0.4 is 5.32 Å². The highest BCUT2D eigenvalue weighted by molar-refractivity contribution is 6.18. The molecule has 0 aliphatic rings. The van der Waals surface area contributed by atoms with Crippen molar-refractivity contribution < 1.29 is 9.59 Å². The Morgan fingerprint density at radius 1 is 1.16 bits per heavy atom. The summed E-state index contributed by atoms with van der Waals surface area (Å²) in [6.45, 7) is 5.56. The second-order valence-corrected chi connectivity index (χ2v) is 5.88. The number of halogens is 1. The van der Waals surface area contributed by atoms with Crippen LogP contribution in [0.1, 0.15) is 44.0 Å². The summed E-state index contributed by atoms with van der Waals surface area (Å²) < 4.78 is 0. The SMILES string of the molecule is CC(C)(C)C(=O)Nc1ccc(C(=O)CCCCl)cc1. The van der Waals surface area contributed by atoms with Gasteiger partial charge in [-0.15, -0.1) is 11.6 Å². The zero-order chi connectivity index (χ0) is 14.5. The molecule has 0 unspecified atom stereocenters. The Balaban J connectivity index is 2.67. The first kappa shape index (κ1) is 15.7. The Bertz CT molecular complexity index is 446. The van der Waals surface area contributed by atoms with E-state index < -0.39 is 5.41 Å². The maximum absolute atomic E-state index is 11.8. The number of anilines is 1. The minimum atomic E-state index is -0.436. The van der Waals surface area contributed by atoms with E-state index in [9.17, 15) is 9.59 Å². The summed E-state index contributed by atoms with van der Waals surface area (Å²) in [5.41, 5.74) is 0.919. The molecule has 1 aromatic rings. The van der Waals surface area contributed by atoms with Crippen LogP contribution in [0.4, 0.5) is 5.69 Å². The van der Waals surface area contributed by atoms with E-state index in [2.05, 4.69) is 5.32 Å². The van der Waals surface area contributed by atoms with Gasteiger partial charge in [-0.25, -0.2) is 0 Å². The third kappa shape index (κ3) is 5.03. The Labute approximate surface area is 119 Å². The van der Waals surface area contributed by atoms with Crippen molar-refractivity contribution in [3.8, 4) is 0 Å². The number of carbonyl (C=O) groups is 2. The van der Waals surface area contributed by atoms with E-state index in [0.717, 1.165) is 0 Å². The Kier molecular flexibility index (Phi) is 5.55. The molecule has 0 saturated heterocycles. The lowest BCUT2D eigenvalue weighted by Crippen LogP contribution is -2.27. The van der Waals surface area contributed by atoms with Crippen molar-refractivity contribution in [1.82, 2.24) is 0 Å². The number of carbonyl (C=O) groups excluding carboxylic acids is 2. The normalized spacial score (nSPS) is 11.2. The molecule has 1 rings (SSSR count). The van der Waals surface area contributed by atoms with Crippen LogP contribution in [-0.2, 0) is 4.79 Å². The summed E-state index contributed by atoms with van der Waals surface area (Å²) in [6, 6.07) is 6.96. The number of alkyl halides is 1. The van der Waals surface area contributed by atoms with Crippen LogP contribution in [0.25, 0.3) is 0 Å². The van der Waals surface area contributed by atoms with Crippen molar-refractivity contribution >= 4 is 29.0 Å². The fourth-order valence-corrected chi connectivity index (χ4v) is 1.56. The Hall–Kier alpha value is -1.35. The van der Waals surface area contributed by atoms with Crippen LogP contribution in [0.15, 0.2) is 24.3 Å². The maximum Gasteiger partial charge on any atom is 0.229 e. The Morgan fingerprint density at radius 3 is 2.21 bits per heavy atom. The van der Waals surface area contributed by atoms with Crippen molar-refractivity contribution in [3.05, 3.63) is 29.8 Å². The molecule has 3 nitrogen and oxygen atoms in total. The number of benzene rings is 1. The predicted molar refractivity (Wildman–Crippen MR) is 78.8 cm³/mol. The number of ketones is 1. The lowest BCUT2D eigenvalue weighted by molar-refractivity contribution is -0.123. The highest BCUT2D eigenvalue weighted by Gasteiger charge is 2.21. The van der Waals surface area contributed by atoms with Gasteiger partial charge in [0, 0.05) is 29.0 Å². The minimum Gasteiger partial charge on any atom is -0.326 e. The number of rotatable bonds is 5. The third-order valence-electron chi connectivity index (χ3n) is 2.68. The largest absolute Gasteiger partial charge is 0.326 e. The molecule has 0 bridgehead atoms. The average molecular weight is 282 g/mol. The molecule has 1 aromatic carbocycles. The van der Waals surface area contributed by atoms with Gasteiger partial charge in [-0.05, 0) is 30.7 Å². The molecule has 0 atom stereocenters. The van der Waals surface area contributed by atoms with Crippen molar-refractivity contribution in [2.45, 2.75) is 33.6 Å². The summed E-state index contributed by atoms with van der Waals surface area (Å²) in [5.74, 6) is 0.522. The first-order chi connectivity index (χ1) is 8.84. The number of Topliss-reactive ketones (excluding diaryl/α,β-unsaturated/α-hetero) is 1. The predicted octanol–water partition coefficient (Wildman–Crippen LogP) is 3.87. The van der Waals surface area contributed by atoms with E-state index in [0.29, 0.717) is 30.0 Å². The lowest BCUT2D eigenvalue weighted by atomic mass is 9.95. The van der Waals surface area contributed by atoms with E-state index >= 15 is 0 Å². The zero-order valence-electron chi connectivity index (χ0n) is 11.6. The van der Waals surface area contributed by atoms with Gasteiger partial charge < -0.3 is 5.32 Å². The molecule has 4 heteroatoms. The topological polar surface area (TPSA) is 46.2 Å². The molecule has 0 heterocycles. The minimum absolute atomic E-state index is 0.0475. The Morgan fingerprint density at radius 2 is 1.74 bits per heavy atom. The fraction of sp³-hybridized carbons (Fsp3) is 0.467. The molecule has 0 radical (unpaired) electrons. The van der Waals surface area contributed by atoms with Gasteiger partial charge in [0.25, 0.3) is 0 Å². The highest BCUT2D eigenvalue weighted by Crippen LogP contribution is 2.18. The molecule has 0 aliphatic carbocycles. The molecule has 0 spiro atoms. The molecule has 19 heavy (non-hydrogen) atoms. The van der Waals surface area contributed by atoms with Crippen molar-refractivity contribution in [2.24, 2.45) is 5.41 Å². The molecule has 0 fully saturated rings. The van der Waals surface area contributed by atoms with Crippen LogP contribution in [-0.4, -0.2) is 17.6 Å². The zero-order valence-corrected chi connectivity index (χ0v) is 12.4. The van der Waals surface area contributed by atoms with Crippen LogP contribution in [0.3, 0.4) is 0 Å². The second-order valence-electron chi connectivity index (χ2n) is 5.50. The maximum atomic E-state index is 11.8. The van der Waals surface area contributed by atoms with Gasteiger partial charge >= 0.3 is 0 Å². The van der Waals surface area contributed by atoms with Crippen molar-refractivity contribution in [2.75, 3.05) is 11.2 Å². The first-order valence-corrected chi connectivity index (χ1v) is 6.88. The molecular formula is C15H20ClNO2. The average Bonchev–Trinajstić information content (AvgIpc) is 2.35. The summed E-state index contributed by atoms with van der Waals surface area (Å²) >= 11 is 5.56. The molecule has 1 amide bonds. The van der Waals surface area contributed by atoms with E-state index in [1.54, 1.807) is 24.3 Å². The number of amides is 1. The van der Waals surface area contributed by atoms with E-state index in [-0.39, 0.29) is 11.7 Å². The summed E-state index contributed by atoms with van der Waals surface area (Å²) in [6.07, 6.45) is 1.14. The smallest absolute Gasteiger partial charge is 0.229 e.